The molecular formula is C25H25N3O6S. The van der Waals surface area contributed by atoms with E-state index in [1.165, 1.54) is 31.2 Å². The molecule has 0 atom stereocenters. The Balaban J connectivity index is 1.32. The Bertz CT molecular complexity index is 1320. The highest BCUT2D eigenvalue weighted by atomic mass is 32.2. The Morgan fingerprint density at radius 1 is 0.886 bits per heavy atom. The molecule has 182 valence electrons. The molecular weight excluding hydrogens is 470 g/mol. The molecule has 0 bridgehead atoms. The Morgan fingerprint density at radius 3 is 2.31 bits per heavy atom. The molecule has 0 aliphatic carbocycles. The number of rotatable bonds is 8. The lowest BCUT2D eigenvalue weighted by molar-refractivity contribution is -0.114. The summed E-state index contributed by atoms with van der Waals surface area (Å²) in [7, 11) is -3.74. The van der Waals surface area contributed by atoms with Crippen molar-refractivity contribution in [2.75, 3.05) is 18.5 Å². The Labute approximate surface area is 203 Å². The third-order valence-electron chi connectivity index (χ3n) is 5.25. The SMILES string of the molecule is CC(=O)Nc1ccc(S(=O)(=O)NCc2ccc(C(=O)NCc3cccc4c3OCCO4)cc2)cc1. The number of amides is 2. The monoisotopic (exact) mass is 495 g/mol. The van der Waals surface area contributed by atoms with E-state index in [-0.39, 0.29) is 29.8 Å². The highest BCUT2D eigenvalue weighted by Gasteiger charge is 2.17. The van der Waals surface area contributed by atoms with Gasteiger partial charge in [0.1, 0.15) is 13.2 Å². The second-order valence-corrected chi connectivity index (χ2v) is 9.62. The van der Waals surface area contributed by atoms with Gasteiger partial charge < -0.3 is 20.1 Å². The average molecular weight is 496 g/mol. The maximum Gasteiger partial charge on any atom is 0.251 e. The van der Waals surface area contributed by atoms with Gasteiger partial charge in [0.25, 0.3) is 5.91 Å². The Kier molecular flexibility index (Phi) is 7.33. The number of nitrogens with one attached hydrogen (secondary N) is 3. The molecule has 1 aliphatic heterocycles. The molecule has 2 amide bonds. The summed E-state index contributed by atoms with van der Waals surface area (Å²) in [5.74, 6) is 0.814. The first-order chi connectivity index (χ1) is 16.8. The third kappa shape index (κ3) is 6.17. The fourth-order valence-corrected chi connectivity index (χ4v) is 4.52. The molecule has 0 radical (unpaired) electrons. The van der Waals surface area contributed by atoms with Crippen LogP contribution in [-0.2, 0) is 27.9 Å². The number of hydrogen-bond acceptors (Lipinski definition) is 6. The normalized spacial score (nSPS) is 12.6. The zero-order valence-corrected chi connectivity index (χ0v) is 19.9. The summed E-state index contributed by atoms with van der Waals surface area (Å²) in [6.07, 6.45) is 0. The smallest absolute Gasteiger partial charge is 0.251 e. The van der Waals surface area contributed by atoms with Crippen molar-refractivity contribution < 1.29 is 27.5 Å². The number of benzene rings is 3. The summed E-state index contributed by atoms with van der Waals surface area (Å²) in [6, 6.07) is 18.1. The lowest BCUT2D eigenvalue weighted by Gasteiger charge is -2.21. The maximum atomic E-state index is 12.6. The van der Waals surface area contributed by atoms with E-state index in [0.717, 1.165) is 5.56 Å². The summed E-state index contributed by atoms with van der Waals surface area (Å²) in [5.41, 5.74) is 2.49. The molecule has 1 heterocycles. The molecule has 0 saturated heterocycles. The number of carbonyl (C=O) groups excluding carboxylic acids is 2. The molecule has 3 aromatic carbocycles. The van der Waals surface area contributed by atoms with Crippen molar-refractivity contribution in [1.82, 2.24) is 10.0 Å². The van der Waals surface area contributed by atoms with Crippen molar-refractivity contribution in [3.63, 3.8) is 0 Å². The van der Waals surface area contributed by atoms with Crippen LogP contribution in [0.15, 0.2) is 71.6 Å². The molecule has 10 heteroatoms. The molecule has 4 rings (SSSR count). The molecule has 3 N–H and O–H groups in total. The topological polar surface area (TPSA) is 123 Å². The van der Waals surface area contributed by atoms with Crippen LogP contribution in [0.3, 0.4) is 0 Å². The van der Waals surface area contributed by atoms with Gasteiger partial charge in [-0.1, -0.05) is 24.3 Å². The van der Waals surface area contributed by atoms with Gasteiger partial charge in [-0.15, -0.1) is 0 Å². The van der Waals surface area contributed by atoms with E-state index in [9.17, 15) is 18.0 Å². The van der Waals surface area contributed by atoms with Crippen LogP contribution in [0.1, 0.15) is 28.4 Å². The number of sulfonamides is 1. The van der Waals surface area contributed by atoms with Gasteiger partial charge in [-0.25, -0.2) is 13.1 Å². The lowest BCUT2D eigenvalue weighted by Crippen LogP contribution is -2.25. The van der Waals surface area contributed by atoms with Crippen molar-refractivity contribution in [2.24, 2.45) is 0 Å². The number of fused-ring (bicyclic) bond motifs is 1. The van der Waals surface area contributed by atoms with E-state index >= 15 is 0 Å². The second kappa shape index (κ2) is 10.6. The van der Waals surface area contributed by atoms with E-state index in [4.69, 9.17) is 9.47 Å². The highest BCUT2D eigenvalue weighted by molar-refractivity contribution is 7.89. The van der Waals surface area contributed by atoms with Crippen molar-refractivity contribution in [3.05, 3.63) is 83.4 Å². The zero-order valence-electron chi connectivity index (χ0n) is 19.0. The van der Waals surface area contributed by atoms with Gasteiger partial charge in [0, 0.05) is 36.8 Å². The molecule has 1 aliphatic rings. The molecule has 0 saturated carbocycles. The molecule has 0 spiro atoms. The van der Waals surface area contributed by atoms with Crippen LogP contribution >= 0.6 is 0 Å². The largest absolute Gasteiger partial charge is 0.486 e. The molecule has 0 unspecified atom stereocenters. The fraction of sp³-hybridized carbons (Fsp3) is 0.200. The van der Waals surface area contributed by atoms with E-state index in [1.807, 2.05) is 18.2 Å². The molecule has 9 nitrogen and oxygen atoms in total. The van der Waals surface area contributed by atoms with Gasteiger partial charge in [-0.3, -0.25) is 9.59 Å². The first kappa shape index (κ1) is 24.2. The number of para-hydroxylation sites is 1. The number of anilines is 1. The molecule has 3 aromatic rings. The van der Waals surface area contributed by atoms with Crippen LogP contribution in [0.25, 0.3) is 0 Å². The maximum absolute atomic E-state index is 12.6. The van der Waals surface area contributed by atoms with Crippen LogP contribution in [0.4, 0.5) is 5.69 Å². The third-order valence-corrected chi connectivity index (χ3v) is 6.67. The summed E-state index contributed by atoms with van der Waals surface area (Å²) >= 11 is 0. The van der Waals surface area contributed by atoms with Gasteiger partial charge in [0.2, 0.25) is 15.9 Å². The lowest BCUT2D eigenvalue weighted by atomic mass is 10.1. The minimum absolute atomic E-state index is 0.0607. The fourth-order valence-electron chi connectivity index (χ4n) is 3.51. The standard InChI is InChI=1S/C25H25N3O6S/c1-17(29)28-21-9-11-22(12-10-21)35(31,32)27-15-18-5-7-19(8-6-18)25(30)26-16-20-3-2-4-23-24(20)34-14-13-33-23/h2-12,27H,13-16H2,1H3,(H,26,30)(H,28,29). The average Bonchev–Trinajstić information content (AvgIpc) is 2.86. The van der Waals surface area contributed by atoms with Gasteiger partial charge in [0.05, 0.1) is 4.90 Å². The minimum atomic E-state index is -3.74. The second-order valence-electron chi connectivity index (χ2n) is 7.85. The molecule has 0 fully saturated rings. The first-order valence-electron chi connectivity index (χ1n) is 10.9. The van der Waals surface area contributed by atoms with E-state index in [2.05, 4.69) is 15.4 Å². The van der Waals surface area contributed by atoms with Gasteiger partial charge >= 0.3 is 0 Å². The molecule has 35 heavy (non-hydrogen) atoms. The van der Waals surface area contributed by atoms with E-state index in [1.54, 1.807) is 24.3 Å². The van der Waals surface area contributed by atoms with Gasteiger partial charge in [-0.2, -0.15) is 0 Å². The quantitative estimate of drug-likeness (QED) is 0.442. The van der Waals surface area contributed by atoms with Crippen molar-refractivity contribution in [1.29, 1.82) is 0 Å². The summed E-state index contributed by atoms with van der Waals surface area (Å²) in [6.45, 7) is 2.68. The Hall–Kier alpha value is -3.89. The number of carbonyl (C=O) groups is 2. The van der Waals surface area contributed by atoms with Gasteiger partial charge in [0.15, 0.2) is 11.5 Å². The summed E-state index contributed by atoms with van der Waals surface area (Å²) in [5, 5.41) is 5.46. The van der Waals surface area contributed by atoms with Crippen molar-refractivity contribution >= 4 is 27.5 Å². The number of hydrogen-bond donors (Lipinski definition) is 3. The predicted molar refractivity (Wildman–Crippen MR) is 130 cm³/mol. The zero-order chi connectivity index (χ0) is 24.8. The Morgan fingerprint density at radius 2 is 1.60 bits per heavy atom. The van der Waals surface area contributed by atoms with Crippen molar-refractivity contribution in [3.8, 4) is 11.5 Å². The van der Waals surface area contributed by atoms with Gasteiger partial charge in [-0.05, 0) is 48.0 Å². The molecule has 0 aromatic heterocycles. The van der Waals surface area contributed by atoms with Crippen LogP contribution in [-0.4, -0.2) is 33.4 Å². The predicted octanol–water partition coefficient (Wildman–Crippen LogP) is 2.82. The minimum Gasteiger partial charge on any atom is -0.486 e. The van der Waals surface area contributed by atoms with Crippen LogP contribution in [0, 0.1) is 0 Å². The van der Waals surface area contributed by atoms with E-state index in [0.29, 0.717) is 41.5 Å². The highest BCUT2D eigenvalue weighted by Crippen LogP contribution is 2.33. The first-order valence-corrected chi connectivity index (χ1v) is 12.4. The number of ether oxygens (including phenoxy) is 2. The summed E-state index contributed by atoms with van der Waals surface area (Å²) < 4.78 is 38.9. The van der Waals surface area contributed by atoms with Crippen LogP contribution in [0.2, 0.25) is 0 Å². The van der Waals surface area contributed by atoms with Crippen LogP contribution in [0.5, 0.6) is 11.5 Å². The summed E-state index contributed by atoms with van der Waals surface area (Å²) in [4.78, 5) is 23.8. The van der Waals surface area contributed by atoms with Crippen molar-refractivity contribution in [2.45, 2.75) is 24.9 Å². The van der Waals surface area contributed by atoms with Crippen LogP contribution < -0.4 is 24.8 Å². The van der Waals surface area contributed by atoms with E-state index < -0.39 is 10.0 Å².